The van der Waals surface area contributed by atoms with Crippen LogP contribution in [0.5, 0.6) is 0 Å². The minimum absolute atomic E-state index is 0.154. The molecule has 4 heteroatoms. The number of benzene rings is 1. The van der Waals surface area contributed by atoms with Gasteiger partial charge in [0.1, 0.15) is 6.54 Å². The van der Waals surface area contributed by atoms with Crippen molar-refractivity contribution in [1.82, 2.24) is 0 Å². The van der Waals surface area contributed by atoms with E-state index < -0.39 is 0 Å². The average Bonchev–Trinajstić information content (AvgIpc) is 2.85. The molecule has 0 fully saturated rings. The van der Waals surface area contributed by atoms with E-state index in [1.807, 2.05) is 46.8 Å². The summed E-state index contributed by atoms with van der Waals surface area (Å²) in [5.74, 6) is -0.154. The van der Waals surface area contributed by atoms with Crippen molar-refractivity contribution in [2.45, 2.75) is 41.0 Å². The topological polar surface area (TPSA) is 29.5 Å². The van der Waals surface area contributed by atoms with Crippen LogP contribution < -0.4 is 4.90 Å². The quantitative estimate of drug-likeness (QED) is 0.760. The highest BCUT2D eigenvalue weighted by Gasteiger charge is 2.21. The fourth-order valence-electron chi connectivity index (χ4n) is 1.97. The van der Waals surface area contributed by atoms with E-state index in [-0.39, 0.29) is 5.97 Å². The molecule has 114 valence electrons. The molecule has 0 atom stereocenters. The number of hydrogen-bond donors (Lipinski definition) is 0. The van der Waals surface area contributed by atoms with Gasteiger partial charge in [-0.15, -0.1) is 0 Å². The molecule has 3 nitrogen and oxygen atoms in total. The first kappa shape index (κ1) is 19.0. The predicted molar refractivity (Wildman–Crippen MR) is 89.4 cm³/mol. The van der Waals surface area contributed by atoms with E-state index in [0.717, 1.165) is 23.1 Å². The first-order valence-corrected chi connectivity index (χ1v) is 8.19. The molecule has 0 N–H and O–H groups in total. The number of fused-ring (bicyclic) bond motifs is 1. The Bertz CT molecular complexity index is 407. The van der Waals surface area contributed by atoms with E-state index in [9.17, 15) is 4.79 Å². The van der Waals surface area contributed by atoms with E-state index in [2.05, 4.69) is 26.9 Å². The Morgan fingerprint density at radius 1 is 1.30 bits per heavy atom. The molecule has 0 unspecified atom stereocenters. The van der Waals surface area contributed by atoms with Gasteiger partial charge >= 0.3 is 5.97 Å². The number of hydrogen-bond acceptors (Lipinski definition) is 3. The van der Waals surface area contributed by atoms with Gasteiger partial charge in [0.25, 0.3) is 0 Å². The van der Waals surface area contributed by atoms with Crippen LogP contribution in [0.4, 0.5) is 5.69 Å². The molecule has 0 radical (unpaired) electrons. The summed E-state index contributed by atoms with van der Waals surface area (Å²) < 4.78 is 6.04. The lowest BCUT2D eigenvalue weighted by atomic mass is 10.2. The summed E-state index contributed by atoms with van der Waals surface area (Å²) >= 11 is 3.45. The van der Waals surface area contributed by atoms with E-state index in [1.54, 1.807) is 0 Å². The van der Waals surface area contributed by atoms with E-state index in [0.29, 0.717) is 13.2 Å². The third kappa shape index (κ3) is 5.53. The Morgan fingerprint density at radius 3 is 2.55 bits per heavy atom. The Morgan fingerprint density at radius 2 is 1.95 bits per heavy atom. The zero-order valence-electron chi connectivity index (χ0n) is 13.2. The van der Waals surface area contributed by atoms with Gasteiger partial charge in [-0.1, -0.05) is 43.6 Å². The molecule has 0 aliphatic carbocycles. The first-order chi connectivity index (χ1) is 9.70. The van der Waals surface area contributed by atoms with E-state index >= 15 is 0 Å². The van der Waals surface area contributed by atoms with Gasteiger partial charge in [-0.05, 0) is 37.1 Å². The summed E-state index contributed by atoms with van der Waals surface area (Å²) in [6.45, 7) is 11.5. The van der Waals surface area contributed by atoms with Crippen LogP contribution in [0, 0.1) is 0 Å². The molecule has 1 aliphatic heterocycles. The molecule has 1 aromatic carbocycles. The fourth-order valence-corrected chi connectivity index (χ4v) is 2.37. The average molecular weight is 344 g/mol. The number of esters is 1. The number of anilines is 1. The van der Waals surface area contributed by atoms with E-state index in [4.69, 9.17) is 4.74 Å². The molecule has 1 heterocycles. The van der Waals surface area contributed by atoms with Crippen molar-refractivity contribution < 1.29 is 9.53 Å². The lowest BCUT2D eigenvalue weighted by Gasteiger charge is -2.17. The highest BCUT2D eigenvalue weighted by molar-refractivity contribution is 9.10. The Kier molecular flexibility index (Phi) is 10.2. The number of nitrogens with zero attached hydrogens (tertiary/aromatic N) is 1. The summed E-state index contributed by atoms with van der Waals surface area (Å²) in [7, 11) is 0. The Hall–Kier alpha value is -1.03. The zero-order chi connectivity index (χ0) is 15.5. The molecular formula is C16H26BrNO2. The lowest BCUT2D eigenvalue weighted by molar-refractivity contribution is -0.141. The summed E-state index contributed by atoms with van der Waals surface area (Å²) in [5, 5.41) is 0. The Labute approximate surface area is 131 Å². The monoisotopic (exact) mass is 343 g/mol. The van der Waals surface area contributed by atoms with Crippen molar-refractivity contribution in [1.29, 1.82) is 0 Å². The van der Waals surface area contributed by atoms with Crippen molar-refractivity contribution in [2.75, 3.05) is 24.6 Å². The fraction of sp³-hybridized carbons (Fsp3) is 0.562. The molecule has 0 saturated carbocycles. The molecule has 0 aromatic heterocycles. The van der Waals surface area contributed by atoms with Crippen LogP contribution in [-0.2, 0) is 16.0 Å². The largest absolute Gasteiger partial charge is 0.465 e. The number of rotatable bonds is 3. The standard InChI is InChI=1S/C12H14BrNO2.2C2H6/c1-2-16-12(15)8-14-6-5-9-7-10(13)3-4-11(9)14;2*1-2/h3-4,7H,2,5-6,8H2,1H3;2*1-2H3. The molecule has 0 spiro atoms. The predicted octanol–water partition coefficient (Wildman–Crippen LogP) is 4.43. The second kappa shape index (κ2) is 10.7. The van der Waals surface area contributed by atoms with Gasteiger partial charge < -0.3 is 9.64 Å². The van der Waals surface area contributed by atoms with Crippen LogP contribution in [0.2, 0.25) is 0 Å². The third-order valence-electron chi connectivity index (χ3n) is 2.66. The molecule has 2 rings (SSSR count). The second-order valence-electron chi connectivity index (χ2n) is 3.75. The van der Waals surface area contributed by atoms with Gasteiger partial charge in [0.2, 0.25) is 0 Å². The summed E-state index contributed by atoms with van der Waals surface area (Å²) in [5.41, 5.74) is 2.44. The lowest BCUT2D eigenvalue weighted by Crippen LogP contribution is -2.29. The molecule has 20 heavy (non-hydrogen) atoms. The highest BCUT2D eigenvalue weighted by Crippen LogP contribution is 2.30. The molecular weight excluding hydrogens is 318 g/mol. The Balaban J connectivity index is 0.000000829. The summed E-state index contributed by atoms with van der Waals surface area (Å²) in [4.78, 5) is 13.5. The van der Waals surface area contributed by atoms with Crippen LogP contribution in [-0.4, -0.2) is 25.7 Å². The van der Waals surface area contributed by atoms with Gasteiger partial charge in [-0.3, -0.25) is 4.79 Å². The van der Waals surface area contributed by atoms with Crippen molar-refractivity contribution in [3.8, 4) is 0 Å². The zero-order valence-corrected chi connectivity index (χ0v) is 14.8. The second-order valence-corrected chi connectivity index (χ2v) is 4.67. The number of ether oxygens (including phenoxy) is 1. The SMILES string of the molecule is CC.CC.CCOC(=O)CN1CCc2cc(Br)ccc21. The van der Waals surface area contributed by atoms with Crippen LogP contribution in [0.1, 0.15) is 40.2 Å². The van der Waals surface area contributed by atoms with Crippen LogP contribution >= 0.6 is 15.9 Å². The van der Waals surface area contributed by atoms with Gasteiger partial charge in [-0.2, -0.15) is 0 Å². The van der Waals surface area contributed by atoms with Crippen LogP contribution in [0.25, 0.3) is 0 Å². The minimum Gasteiger partial charge on any atom is -0.465 e. The van der Waals surface area contributed by atoms with Gasteiger partial charge in [0.15, 0.2) is 0 Å². The molecule has 0 amide bonds. The third-order valence-corrected chi connectivity index (χ3v) is 3.15. The smallest absolute Gasteiger partial charge is 0.325 e. The minimum atomic E-state index is -0.154. The van der Waals surface area contributed by atoms with Gasteiger partial charge in [0.05, 0.1) is 6.61 Å². The van der Waals surface area contributed by atoms with Gasteiger partial charge in [0, 0.05) is 16.7 Å². The normalized spacial score (nSPS) is 11.6. The maximum absolute atomic E-state index is 11.4. The molecule has 0 bridgehead atoms. The van der Waals surface area contributed by atoms with Crippen molar-refractivity contribution in [3.63, 3.8) is 0 Å². The number of carbonyl (C=O) groups excluding carboxylic acids is 1. The van der Waals surface area contributed by atoms with Crippen molar-refractivity contribution in [3.05, 3.63) is 28.2 Å². The molecule has 1 aromatic rings. The maximum atomic E-state index is 11.4. The number of carbonyl (C=O) groups is 1. The maximum Gasteiger partial charge on any atom is 0.325 e. The first-order valence-electron chi connectivity index (χ1n) is 7.39. The summed E-state index contributed by atoms with van der Waals surface area (Å²) in [6, 6.07) is 6.16. The highest BCUT2D eigenvalue weighted by atomic mass is 79.9. The molecule has 0 saturated heterocycles. The van der Waals surface area contributed by atoms with Crippen LogP contribution in [0.15, 0.2) is 22.7 Å². The molecule has 1 aliphatic rings. The van der Waals surface area contributed by atoms with Crippen LogP contribution in [0.3, 0.4) is 0 Å². The summed E-state index contributed by atoms with van der Waals surface area (Å²) in [6.07, 6.45) is 0.994. The van der Waals surface area contributed by atoms with Crippen molar-refractivity contribution in [2.24, 2.45) is 0 Å². The van der Waals surface area contributed by atoms with Gasteiger partial charge in [-0.25, -0.2) is 0 Å². The van der Waals surface area contributed by atoms with E-state index in [1.165, 1.54) is 5.56 Å². The number of halogens is 1. The van der Waals surface area contributed by atoms with Crippen molar-refractivity contribution >= 4 is 27.6 Å².